The van der Waals surface area contributed by atoms with Crippen LogP contribution in [0.5, 0.6) is 0 Å². The van der Waals surface area contributed by atoms with Crippen molar-refractivity contribution in [2.24, 2.45) is 5.92 Å². The summed E-state index contributed by atoms with van der Waals surface area (Å²) in [4.78, 5) is 2.55. The van der Waals surface area contributed by atoms with Crippen molar-refractivity contribution in [3.63, 3.8) is 0 Å². The van der Waals surface area contributed by atoms with Crippen LogP contribution in [0.2, 0.25) is 0 Å². The second-order valence-electron chi connectivity index (χ2n) is 4.43. The van der Waals surface area contributed by atoms with Crippen molar-refractivity contribution in [3.8, 4) is 0 Å². The van der Waals surface area contributed by atoms with Crippen LogP contribution in [0.4, 0.5) is 0 Å². The Bertz CT molecular complexity index is 158. The van der Waals surface area contributed by atoms with Gasteiger partial charge in [0.1, 0.15) is 0 Å². The summed E-state index contributed by atoms with van der Waals surface area (Å²) in [5.74, 6) is 0.860. The van der Waals surface area contributed by atoms with Crippen molar-refractivity contribution in [2.45, 2.75) is 38.8 Å². The van der Waals surface area contributed by atoms with Gasteiger partial charge in [0, 0.05) is 19.2 Å². The lowest BCUT2D eigenvalue weighted by Gasteiger charge is -2.28. The van der Waals surface area contributed by atoms with E-state index < -0.39 is 0 Å². The molecule has 70 valence electrons. The fourth-order valence-corrected chi connectivity index (χ4v) is 2.28. The minimum absolute atomic E-state index is 0.542. The van der Waals surface area contributed by atoms with E-state index in [-0.39, 0.29) is 0 Å². The van der Waals surface area contributed by atoms with Gasteiger partial charge in [-0.2, -0.15) is 0 Å². The highest BCUT2D eigenvalue weighted by atomic mass is 16.5. The largest absolute Gasteiger partial charge is 0.377 e. The quantitative estimate of drug-likeness (QED) is 0.590. The van der Waals surface area contributed by atoms with Crippen molar-refractivity contribution in [2.75, 3.05) is 19.7 Å². The first kappa shape index (κ1) is 8.52. The van der Waals surface area contributed by atoms with Gasteiger partial charge >= 0.3 is 0 Å². The molecule has 2 bridgehead atoms. The van der Waals surface area contributed by atoms with Gasteiger partial charge in [-0.05, 0) is 39.2 Å². The molecular weight excluding hydrogens is 150 g/mol. The van der Waals surface area contributed by atoms with E-state index in [0.717, 1.165) is 19.1 Å². The lowest BCUT2D eigenvalue weighted by molar-refractivity contribution is 0.0496. The second kappa shape index (κ2) is 3.35. The maximum absolute atomic E-state index is 5.70. The third-order valence-corrected chi connectivity index (χ3v) is 3.16. The molecule has 0 N–H and O–H groups in total. The topological polar surface area (TPSA) is 12.5 Å². The first-order valence-corrected chi connectivity index (χ1v) is 5.11. The lowest BCUT2D eigenvalue weighted by atomic mass is 10.0. The molecule has 2 aliphatic heterocycles. The molecular formula is C10H19NO. The van der Waals surface area contributed by atoms with Gasteiger partial charge in [-0.3, -0.25) is 4.90 Å². The Labute approximate surface area is 74.9 Å². The Hall–Kier alpha value is -0.0800. The molecule has 0 aliphatic carbocycles. The van der Waals surface area contributed by atoms with Gasteiger partial charge in [-0.1, -0.05) is 0 Å². The first-order chi connectivity index (χ1) is 5.75. The summed E-state index contributed by atoms with van der Waals surface area (Å²) >= 11 is 0. The molecule has 0 aromatic carbocycles. The third-order valence-electron chi connectivity index (χ3n) is 3.16. The van der Waals surface area contributed by atoms with Crippen molar-refractivity contribution >= 4 is 0 Å². The van der Waals surface area contributed by atoms with Gasteiger partial charge in [-0.25, -0.2) is 0 Å². The number of likely N-dealkylation sites (tertiary alicyclic amines) is 1. The maximum atomic E-state index is 5.70. The highest BCUT2D eigenvalue weighted by Gasteiger charge is 2.31. The summed E-state index contributed by atoms with van der Waals surface area (Å²) in [7, 11) is 0. The third kappa shape index (κ3) is 1.64. The SMILES string of the molecule is CC(C)N1CCC2COC(C2)C1. The zero-order valence-corrected chi connectivity index (χ0v) is 8.12. The van der Waals surface area contributed by atoms with E-state index in [4.69, 9.17) is 4.74 Å². The molecule has 12 heavy (non-hydrogen) atoms. The Morgan fingerprint density at radius 1 is 1.42 bits per heavy atom. The minimum atomic E-state index is 0.542. The summed E-state index contributed by atoms with van der Waals surface area (Å²) in [6.45, 7) is 8.02. The van der Waals surface area contributed by atoms with Crippen LogP contribution in [-0.4, -0.2) is 36.7 Å². The smallest absolute Gasteiger partial charge is 0.0705 e. The number of fused-ring (bicyclic) bond motifs is 2. The van der Waals surface area contributed by atoms with Gasteiger partial charge in [0.25, 0.3) is 0 Å². The van der Waals surface area contributed by atoms with Gasteiger partial charge in [-0.15, -0.1) is 0 Å². The van der Waals surface area contributed by atoms with Crippen LogP contribution in [0.1, 0.15) is 26.7 Å². The molecule has 2 atom stereocenters. The normalized spacial score (nSPS) is 37.2. The van der Waals surface area contributed by atoms with Gasteiger partial charge in [0.15, 0.2) is 0 Å². The molecule has 0 aromatic heterocycles. The van der Waals surface area contributed by atoms with E-state index in [1.807, 2.05) is 0 Å². The predicted molar refractivity (Wildman–Crippen MR) is 49.2 cm³/mol. The van der Waals surface area contributed by atoms with E-state index in [1.165, 1.54) is 19.4 Å². The Balaban J connectivity index is 1.96. The Morgan fingerprint density at radius 3 is 3.00 bits per heavy atom. The van der Waals surface area contributed by atoms with E-state index in [0.29, 0.717) is 12.1 Å². The number of hydrogen-bond acceptors (Lipinski definition) is 2. The van der Waals surface area contributed by atoms with Crippen molar-refractivity contribution in [3.05, 3.63) is 0 Å². The molecule has 0 saturated carbocycles. The lowest BCUT2D eigenvalue weighted by Crippen LogP contribution is -2.37. The highest BCUT2D eigenvalue weighted by molar-refractivity contribution is 4.82. The molecule has 2 nitrogen and oxygen atoms in total. The molecule has 2 heteroatoms. The number of rotatable bonds is 1. The average Bonchev–Trinajstić information content (AvgIpc) is 2.29. The summed E-state index contributed by atoms with van der Waals surface area (Å²) in [5.41, 5.74) is 0. The molecule has 0 amide bonds. The number of ether oxygens (including phenoxy) is 1. The van der Waals surface area contributed by atoms with Crippen LogP contribution in [0.25, 0.3) is 0 Å². The summed E-state index contributed by atoms with van der Waals surface area (Å²) in [6.07, 6.45) is 3.19. The fraction of sp³-hybridized carbons (Fsp3) is 1.00. The number of hydrogen-bond donors (Lipinski definition) is 0. The average molecular weight is 169 g/mol. The van der Waals surface area contributed by atoms with Crippen molar-refractivity contribution in [1.82, 2.24) is 4.90 Å². The van der Waals surface area contributed by atoms with Crippen molar-refractivity contribution < 1.29 is 4.74 Å². The fourth-order valence-electron chi connectivity index (χ4n) is 2.28. The molecule has 0 spiro atoms. The van der Waals surface area contributed by atoms with E-state index in [9.17, 15) is 0 Å². The zero-order valence-electron chi connectivity index (χ0n) is 8.12. The van der Waals surface area contributed by atoms with Gasteiger partial charge in [0.05, 0.1) is 6.10 Å². The van der Waals surface area contributed by atoms with Crippen LogP contribution in [0, 0.1) is 5.92 Å². The predicted octanol–water partition coefficient (Wildman–Crippen LogP) is 1.51. The molecule has 2 unspecified atom stereocenters. The van der Waals surface area contributed by atoms with Crippen LogP contribution >= 0.6 is 0 Å². The summed E-state index contributed by atoms with van der Waals surface area (Å²) < 4.78 is 5.70. The summed E-state index contributed by atoms with van der Waals surface area (Å²) in [6, 6.07) is 0.688. The highest BCUT2D eigenvalue weighted by Crippen LogP contribution is 2.27. The first-order valence-electron chi connectivity index (χ1n) is 5.11. The molecule has 2 rings (SSSR count). The molecule has 0 radical (unpaired) electrons. The van der Waals surface area contributed by atoms with Crippen LogP contribution in [-0.2, 0) is 4.74 Å². The van der Waals surface area contributed by atoms with E-state index in [1.54, 1.807) is 0 Å². The van der Waals surface area contributed by atoms with Crippen molar-refractivity contribution in [1.29, 1.82) is 0 Å². The summed E-state index contributed by atoms with van der Waals surface area (Å²) in [5, 5.41) is 0. The molecule has 2 heterocycles. The van der Waals surface area contributed by atoms with E-state index in [2.05, 4.69) is 18.7 Å². The van der Waals surface area contributed by atoms with Gasteiger partial charge < -0.3 is 4.74 Å². The molecule has 2 aliphatic rings. The second-order valence-corrected chi connectivity index (χ2v) is 4.43. The van der Waals surface area contributed by atoms with Crippen LogP contribution in [0.3, 0.4) is 0 Å². The van der Waals surface area contributed by atoms with Crippen LogP contribution < -0.4 is 0 Å². The molecule has 2 saturated heterocycles. The standard InChI is InChI=1S/C10H19NO/c1-8(2)11-4-3-9-5-10(6-11)12-7-9/h8-10H,3-7H2,1-2H3. The Morgan fingerprint density at radius 2 is 2.25 bits per heavy atom. The minimum Gasteiger partial charge on any atom is -0.377 e. The number of nitrogens with zero attached hydrogens (tertiary/aromatic N) is 1. The van der Waals surface area contributed by atoms with Gasteiger partial charge in [0.2, 0.25) is 0 Å². The maximum Gasteiger partial charge on any atom is 0.0705 e. The van der Waals surface area contributed by atoms with E-state index >= 15 is 0 Å². The Kier molecular flexibility index (Phi) is 2.37. The zero-order chi connectivity index (χ0) is 8.55. The molecule has 0 aromatic rings. The molecule has 2 fully saturated rings. The monoisotopic (exact) mass is 169 g/mol. The van der Waals surface area contributed by atoms with Crippen LogP contribution in [0.15, 0.2) is 0 Å².